The number of benzene rings is 1. The second kappa shape index (κ2) is 8.19. The van der Waals surface area contributed by atoms with Gasteiger partial charge in [-0.2, -0.15) is 0 Å². The number of rotatable bonds is 4. The number of carbonyl (C=O) groups excluding carboxylic acids is 2. The molecule has 1 aromatic carbocycles. The first-order chi connectivity index (χ1) is 14.1. The van der Waals surface area contributed by atoms with Crippen LogP contribution in [0.15, 0.2) is 89.8 Å². The Morgan fingerprint density at radius 2 is 1.38 bits per heavy atom. The highest BCUT2D eigenvalue weighted by molar-refractivity contribution is 6.23. The molecule has 3 aliphatic rings. The molecule has 146 valence electrons. The van der Waals surface area contributed by atoms with Gasteiger partial charge in [0.15, 0.2) is 0 Å². The van der Waals surface area contributed by atoms with Crippen LogP contribution < -0.4 is 0 Å². The highest BCUT2D eigenvalue weighted by atomic mass is 16.3. The minimum absolute atomic E-state index is 0.144. The maximum atomic E-state index is 13.2. The van der Waals surface area contributed by atoms with Gasteiger partial charge in [-0.25, -0.2) is 10.0 Å². The smallest absolute Gasteiger partial charge is 0.282 e. The zero-order valence-electron chi connectivity index (χ0n) is 16.0. The monoisotopic (exact) mass is 386 g/mol. The molecular formula is C24H22N2O3. The minimum Gasteiger partial charge on any atom is -0.508 e. The number of hydrogen-bond donors (Lipinski definition) is 1. The molecule has 1 aliphatic heterocycles. The summed E-state index contributed by atoms with van der Waals surface area (Å²) in [5.74, 6) is -0.415. The van der Waals surface area contributed by atoms with Gasteiger partial charge in [0.05, 0.1) is 0 Å². The molecule has 5 heteroatoms. The molecule has 1 fully saturated rings. The van der Waals surface area contributed by atoms with Crippen molar-refractivity contribution in [3.05, 3.63) is 95.4 Å². The van der Waals surface area contributed by atoms with Crippen molar-refractivity contribution in [1.29, 1.82) is 0 Å². The molecule has 0 aromatic heterocycles. The van der Waals surface area contributed by atoms with Crippen LogP contribution in [0.3, 0.4) is 0 Å². The maximum Gasteiger partial charge on any atom is 0.282 e. The van der Waals surface area contributed by atoms with Gasteiger partial charge in [0.2, 0.25) is 0 Å². The molecule has 29 heavy (non-hydrogen) atoms. The van der Waals surface area contributed by atoms with Crippen molar-refractivity contribution < 1.29 is 14.7 Å². The van der Waals surface area contributed by atoms with Crippen LogP contribution in [0.1, 0.15) is 31.2 Å². The second-order valence-corrected chi connectivity index (χ2v) is 7.01. The Balaban J connectivity index is 1.67. The van der Waals surface area contributed by atoms with Crippen LogP contribution in [-0.2, 0) is 9.59 Å². The van der Waals surface area contributed by atoms with Crippen molar-refractivity contribution in [1.82, 2.24) is 10.0 Å². The average molecular weight is 386 g/mol. The summed E-state index contributed by atoms with van der Waals surface area (Å²) in [6.07, 6.45) is 19.9. The quantitative estimate of drug-likeness (QED) is 0.617. The Labute approximate surface area is 169 Å². The third-order valence-corrected chi connectivity index (χ3v) is 5.02. The number of amides is 2. The molecule has 5 nitrogen and oxygen atoms in total. The zero-order valence-corrected chi connectivity index (χ0v) is 16.0. The molecule has 2 aliphatic carbocycles. The lowest BCUT2D eigenvalue weighted by Crippen LogP contribution is -2.40. The largest absolute Gasteiger partial charge is 0.508 e. The molecule has 1 N–H and O–H groups in total. The minimum atomic E-state index is -0.303. The molecule has 1 heterocycles. The fourth-order valence-electron chi connectivity index (χ4n) is 3.54. The Hall–Kier alpha value is -3.60. The van der Waals surface area contributed by atoms with Crippen LogP contribution in [0.4, 0.5) is 0 Å². The highest BCUT2D eigenvalue weighted by Gasteiger charge is 2.43. The van der Waals surface area contributed by atoms with Gasteiger partial charge in [-0.05, 0) is 61.6 Å². The average Bonchev–Trinajstić information content (AvgIpc) is 3.01. The van der Waals surface area contributed by atoms with Gasteiger partial charge >= 0.3 is 0 Å². The lowest BCUT2D eigenvalue weighted by Gasteiger charge is -2.32. The van der Waals surface area contributed by atoms with Crippen molar-refractivity contribution in [2.24, 2.45) is 0 Å². The normalized spacial score (nSPS) is 19.2. The van der Waals surface area contributed by atoms with E-state index < -0.39 is 0 Å². The molecule has 0 unspecified atom stereocenters. The molecule has 0 saturated carbocycles. The third-order valence-electron chi connectivity index (χ3n) is 5.02. The third kappa shape index (κ3) is 3.85. The summed E-state index contributed by atoms with van der Waals surface area (Å²) in [6.45, 7) is 0. The molecule has 1 aromatic rings. The van der Waals surface area contributed by atoms with E-state index in [0.29, 0.717) is 12.8 Å². The summed E-state index contributed by atoms with van der Waals surface area (Å²) < 4.78 is 0. The first-order valence-corrected chi connectivity index (χ1v) is 9.73. The number of hydrogen-bond acceptors (Lipinski definition) is 3. The van der Waals surface area contributed by atoms with E-state index in [1.54, 1.807) is 42.5 Å². The van der Waals surface area contributed by atoms with Gasteiger partial charge in [-0.15, -0.1) is 0 Å². The van der Waals surface area contributed by atoms with Crippen LogP contribution in [0.2, 0.25) is 0 Å². The van der Waals surface area contributed by atoms with Crippen LogP contribution >= 0.6 is 0 Å². The van der Waals surface area contributed by atoms with Crippen LogP contribution in [0.25, 0.3) is 6.08 Å². The van der Waals surface area contributed by atoms with Gasteiger partial charge in [0.25, 0.3) is 11.8 Å². The van der Waals surface area contributed by atoms with Crippen LogP contribution in [-0.4, -0.2) is 26.9 Å². The van der Waals surface area contributed by atoms with Crippen molar-refractivity contribution in [2.45, 2.75) is 25.7 Å². The van der Waals surface area contributed by atoms with E-state index in [-0.39, 0.29) is 23.1 Å². The van der Waals surface area contributed by atoms with E-state index >= 15 is 0 Å². The van der Waals surface area contributed by atoms with Crippen molar-refractivity contribution >= 4 is 17.9 Å². The Kier molecular flexibility index (Phi) is 5.29. The van der Waals surface area contributed by atoms with E-state index in [1.807, 2.05) is 24.3 Å². The first kappa shape index (κ1) is 18.7. The molecule has 0 radical (unpaired) electrons. The van der Waals surface area contributed by atoms with Gasteiger partial charge in [0.1, 0.15) is 11.3 Å². The number of hydrazine groups is 1. The van der Waals surface area contributed by atoms with Gasteiger partial charge < -0.3 is 5.11 Å². The summed E-state index contributed by atoms with van der Waals surface area (Å²) >= 11 is 0. The van der Waals surface area contributed by atoms with Crippen molar-refractivity contribution in [3.63, 3.8) is 0 Å². The number of carbonyl (C=O) groups is 2. The predicted octanol–water partition coefficient (Wildman–Crippen LogP) is 4.39. The standard InChI is InChI=1S/C24H22N2O3/c27-21-16-14-18(15-17-21)8-7-13-22-23(28)25(19-9-3-1-4-10-19)26(24(22)29)20-11-5-2-6-12-20/h1-3,5,7-9,11,13-17,27H,4,6,10,12H2. The van der Waals surface area contributed by atoms with E-state index in [0.717, 1.165) is 29.8 Å². The van der Waals surface area contributed by atoms with Crippen LogP contribution in [0, 0.1) is 0 Å². The number of aromatic hydroxyl groups is 1. The second-order valence-electron chi connectivity index (χ2n) is 7.01. The molecule has 0 atom stereocenters. The first-order valence-electron chi connectivity index (χ1n) is 9.73. The fourth-order valence-corrected chi connectivity index (χ4v) is 3.54. The van der Waals surface area contributed by atoms with Crippen molar-refractivity contribution in [2.75, 3.05) is 0 Å². The zero-order chi connectivity index (χ0) is 20.2. The van der Waals surface area contributed by atoms with Crippen molar-refractivity contribution in [3.8, 4) is 5.75 Å². The van der Waals surface area contributed by atoms with E-state index in [2.05, 4.69) is 12.2 Å². The lowest BCUT2D eigenvalue weighted by molar-refractivity contribution is -0.139. The summed E-state index contributed by atoms with van der Waals surface area (Å²) in [5, 5.41) is 12.4. The molecule has 0 bridgehead atoms. The number of phenolic OH excluding ortho intramolecular Hbond substituents is 1. The molecule has 1 saturated heterocycles. The van der Waals surface area contributed by atoms with E-state index in [1.165, 1.54) is 10.0 Å². The summed E-state index contributed by atoms with van der Waals surface area (Å²) in [5.41, 5.74) is 2.66. The lowest BCUT2D eigenvalue weighted by atomic mass is 10.1. The predicted molar refractivity (Wildman–Crippen MR) is 112 cm³/mol. The van der Waals surface area contributed by atoms with E-state index in [9.17, 15) is 14.7 Å². The van der Waals surface area contributed by atoms with Gasteiger partial charge in [-0.1, -0.05) is 48.6 Å². The molecular weight excluding hydrogens is 364 g/mol. The number of phenols is 1. The topological polar surface area (TPSA) is 60.9 Å². The van der Waals surface area contributed by atoms with Crippen LogP contribution in [0.5, 0.6) is 5.75 Å². The molecule has 4 rings (SSSR count). The Morgan fingerprint density at radius 3 is 1.86 bits per heavy atom. The number of nitrogens with zero attached hydrogens (tertiary/aromatic N) is 2. The Morgan fingerprint density at radius 1 is 0.828 bits per heavy atom. The summed E-state index contributed by atoms with van der Waals surface area (Å²) in [7, 11) is 0. The SMILES string of the molecule is O=C1C(=CC=Cc2ccc(O)cc2)C(=O)N(C2=CC=CCC2)N1C1=CC=CCC1. The number of allylic oxidation sites excluding steroid dienone is 10. The molecule has 2 amide bonds. The Bertz CT molecular complexity index is 955. The van der Waals surface area contributed by atoms with Gasteiger partial charge in [-0.3, -0.25) is 9.59 Å². The fraction of sp³-hybridized carbons (Fsp3) is 0.167. The maximum absolute atomic E-state index is 13.2. The van der Waals surface area contributed by atoms with E-state index in [4.69, 9.17) is 0 Å². The highest BCUT2D eigenvalue weighted by Crippen LogP contribution is 2.33. The van der Waals surface area contributed by atoms with Gasteiger partial charge in [0, 0.05) is 11.4 Å². The summed E-state index contributed by atoms with van der Waals surface area (Å²) in [6, 6.07) is 6.71. The molecule has 0 spiro atoms. The summed E-state index contributed by atoms with van der Waals surface area (Å²) in [4.78, 5) is 26.3.